The second kappa shape index (κ2) is 7.63. The molecule has 132 valence electrons. The van der Waals surface area contributed by atoms with E-state index in [0.717, 1.165) is 0 Å². The van der Waals surface area contributed by atoms with Crippen molar-refractivity contribution >= 4 is 11.8 Å². The minimum Gasteiger partial charge on any atom is -0.347 e. The van der Waals surface area contributed by atoms with Crippen molar-refractivity contribution in [1.29, 1.82) is 0 Å². The minimum atomic E-state index is -4.46. The molecule has 2 rings (SSSR count). The zero-order chi connectivity index (χ0) is 17.7. The second-order valence-electron chi connectivity index (χ2n) is 5.79. The smallest absolute Gasteiger partial charge is 0.347 e. The third kappa shape index (κ3) is 5.50. The summed E-state index contributed by atoms with van der Waals surface area (Å²) < 4.78 is 49.6. The molecule has 0 spiro atoms. The molecule has 2 amide bonds. The van der Waals surface area contributed by atoms with Gasteiger partial charge in [-0.3, -0.25) is 9.59 Å². The number of carbonyl (C=O) groups is 2. The quantitative estimate of drug-likeness (QED) is 0.832. The summed E-state index contributed by atoms with van der Waals surface area (Å²) in [5.74, 6) is -1.87. The molecule has 0 aromatic heterocycles. The monoisotopic (exact) mass is 346 g/mol. The molecule has 1 fully saturated rings. The summed E-state index contributed by atoms with van der Waals surface area (Å²) in [6.45, 7) is -0.997. The van der Waals surface area contributed by atoms with E-state index in [9.17, 15) is 27.2 Å². The topological polar surface area (TPSA) is 49.4 Å². The lowest BCUT2D eigenvalue weighted by Crippen LogP contribution is -2.47. The van der Waals surface area contributed by atoms with Gasteiger partial charge in [0.1, 0.15) is 12.4 Å². The summed E-state index contributed by atoms with van der Waals surface area (Å²) >= 11 is 0. The van der Waals surface area contributed by atoms with Crippen LogP contribution in [0.2, 0.25) is 0 Å². The largest absolute Gasteiger partial charge is 0.405 e. The SMILES string of the molecule is O=C(NCC(F)(F)F)[C@H]1CCC(=O)N(CCc2cccc(F)c2)C1. The fraction of sp³-hybridized carbons (Fsp3) is 0.500. The Morgan fingerprint density at radius 3 is 2.75 bits per heavy atom. The Morgan fingerprint density at radius 2 is 2.08 bits per heavy atom. The maximum absolute atomic E-state index is 13.1. The van der Waals surface area contributed by atoms with E-state index >= 15 is 0 Å². The average molecular weight is 346 g/mol. The molecule has 1 atom stereocenters. The lowest BCUT2D eigenvalue weighted by atomic mass is 9.96. The van der Waals surface area contributed by atoms with E-state index in [0.29, 0.717) is 18.5 Å². The molecular weight excluding hydrogens is 328 g/mol. The third-order valence-corrected chi connectivity index (χ3v) is 3.89. The molecule has 1 aromatic rings. The number of benzene rings is 1. The van der Waals surface area contributed by atoms with Crippen LogP contribution in [0.3, 0.4) is 0 Å². The number of halogens is 4. The van der Waals surface area contributed by atoms with Gasteiger partial charge in [-0.05, 0) is 30.5 Å². The molecule has 1 N–H and O–H groups in total. The third-order valence-electron chi connectivity index (χ3n) is 3.89. The van der Waals surface area contributed by atoms with Crippen molar-refractivity contribution in [1.82, 2.24) is 10.2 Å². The van der Waals surface area contributed by atoms with Gasteiger partial charge < -0.3 is 10.2 Å². The molecule has 8 heteroatoms. The summed E-state index contributed by atoms with van der Waals surface area (Å²) in [6, 6.07) is 5.97. The molecule has 0 bridgehead atoms. The molecular formula is C16H18F4N2O2. The molecule has 1 aliphatic rings. The zero-order valence-electron chi connectivity index (χ0n) is 12.9. The first-order valence-corrected chi connectivity index (χ1v) is 7.61. The van der Waals surface area contributed by atoms with Crippen molar-refractivity contribution in [2.24, 2.45) is 5.92 Å². The highest BCUT2D eigenvalue weighted by molar-refractivity contribution is 5.83. The molecule has 1 heterocycles. The van der Waals surface area contributed by atoms with E-state index in [1.54, 1.807) is 12.1 Å². The predicted molar refractivity (Wildman–Crippen MR) is 78.5 cm³/mol. The zero-order valence-corrected chi connectivity index (χ0v) is 12.9. The van der Waals surface area contributed by atoms with Gasteiger partial charge in [-0.25, -0.2) is 4.39 Å². The Hall–Kier alpha value is -2.12. The molecule has 0 saturated carbocycles. The number of likely N-dealkylation sites (tertiary alicyclic amines) is 1. The van der Waals surface area contributed by atoms with Gasteiger partial charge in [0, 0.05) is 19.5 Å². The van der Waals surface area contributed by atoms with Gasteiger partial charge in [0.15, 0.2) is 0 Å². The molecule has 1 saturated heterocycles. The fourth-order valence-electron chi connectivity index (χ4n) is 2.63. The minimum absolute atomic E-state index is 0.0812. The van der Waals surface area contributed by atoms with Crippen LogP contribution in [-0.4, -0.2) is 42.5 Å². The highest BCUT2D eigenvalue weighted by atomic mass is 19.4. The average Bonchev–Trinajstić information content (AvgIpc) is 2.51. The number of nitrogens with zero attached hydrogens (tertiary/aromatic N) is 1. The lowest BCUT2D eigenvalue weighted by Gasteiger charge is -2.32. The van der Waals surface area contributed by atoms with Crippen LogP contribution >= 0.6 is 0 Å². The summed E-state index contributed by atoms with van der Waals surface area (Å²) in [7, 11) is 0. The number of alkyl halides is 3. The van der Waals surface area contributed by atoms with Crippen molar-refractivity contribution in [3.8, 4) is 0 Å². The number of hydrogen-bond acceptors (Lipinski definition) is 2. The summed E-state index contributed by atoms with van der Waals surface area (Å²) in [5.41, 5.74) is 0.714. The Labute approximate surface area is 136 Å². The Bertz CT molecular complexity index is 604. The van der Waals surface area contributed by atoms with Gasteiger partial charge in [0.25, 0.3) is 0 Å². The Balaban J connectivity index is 1.88. The van der Waals surface area contributed by atoms with E-state index in [1.165, 1.54) is 17.0 Å². The number of piperidine rings is 1. The van der Waals surface area contributed by atoms with Gasteiger partial charge in [0.05, 0.1) is 5.92 Å². The normalized spacial score (nSPS) is 18.6. The number of amides is 2. The van der Waals surface area contributed by atoms with Crippen LogP contribution in [0, 0.1) is 11.7 Å². The standard InChI is InChI=1S/C16H18F4N2O2/c17-13-3-1-2-11(8-13)6-7-22-9-12(4-5-14(22)23)15(24)21-10-16(18,19)20/h1-3,8,12H,4-7,9-10H2,(H,21,24)/t12-/m0/s1. The van der Waals surface area contributed by atoms with Crippen molar-refractivity contribution in [3.63, 3.8) is 0 Å². The first-order valence-electron chi connectivity index (χ1n) is 7.61. The molecule has 0 unspecified atom stereocenters. The van der Waals surface area contributed by atoms with Gasteiger partial charge in [-0.2, -0.15) is 13.2 Å². The van der Waals surface area contributed by atoms with E-state index < -0.39 is 24.5 Å². The van der Waals surface area contributed by atoms with Crippen LogP contribution in [0.25, 0.3) is 0 Å². The van der Waals surface area contributed by atoms with Crippen LogP contribution in [0.4, 0.5) is 17.6 Å². The molecule has 4 nitrogen and oxygen atoms in total. The van der Waals surface area contributed by atoms with E-state index in [2.05, 4.69) is 0 Å². The second-order valence-corrected chi connectivity index (χ2v) is 5.79. The Kier molecular flexibility index (Phi) is 5.80. The molecule has 0 aliphatic carbocycles. The summed E-state index contributed by atoms with van der Waals surface area (Å²) in [5, 5.41) is 1.86. The Morgan fingerprint density at radius 1 is 1.33 bits per heavy atom. The van der Waals surface area contributed by atoms with Crippen LogP contribution in [0.5, 0.6) is 0 Å². The van der Waals surface area contributed by atoms with Crippen molar-refractivity contribution in [2.45, 2.75) is 25.4 Å². The number of hydrogen-bond donors (Lipinski definition) is 1. The van der Waals surface area contributed by atoms with Crippen LogP contribution in [0.15, 0.2) is 24.3 Å². The number of carbonyl (C=O) groups excluding carboxylic acids is 2. The van der Waals surface area contributed by atoms with Gasteiger partial charge in [-0.15, -0.1) is 0 Å². The number of rotatable bonds is 5. The maximum atomic E-state index is 13.1. The van der Waals surface area contributed by atoms with Crippen LogP contribution in [-0.2, 0) is 16.0 Å². The highest BCUT2D eigenvalue weighted by Gasteiger charge is 2.33. The van der Waals surface area contributed by atoms with Crippen molar-refractivity contribution < 1.29 is 27.2 Å². The summed E-state index contributed by atoms with van der Waals surface area (Å²) in [6.07, 6.45) is -3.69. The maximum Gasteiger partial charge on any atom is 0.405 e. The van der Waals surface area contributed by atoms with E-state index in [1.807, 2.05) is 5.32 Å². The molecule has 1 aromatic carbocycles. The van der Waals surface area contributed by atoms with Crippen LogP contribution in [0.1, 0.15) is 18.4 Å². The molecule has 0 radical (unpaired) electrons. The molecule has 1 aliphatic heterocycles. The summed E-state index contributed by atoms with van der Waals surface area (Å²) in [4.78, 5) is 25.2. The fourth-order valence-corrected chi connectivity index (χ4v) is 2.63. The lowest BCUT2D eigenvalue weighted by molar-refractivity contribution is -0.145. The number of nitrogens with one attached hydrogen (secondary N) is 1. The van der Waals surface area contributed by atoms with Gasteiger partial charge in [0.2, 0.25) is 11.8 Å². The molecule has 24 heavy (non-hydrogen) atoms. The van der Waals surface area contributed by atoms with E-state index in [4.69, 9.17) is 0 Å². The van der Waals surface area contributed by atoms with Crippen molar-refractivity contribution in [3.05, 3.63) is 35.6 Å². The van der Waals surface area contributed by atoms with Crippen LogP contribution < -0.4 is 5.32 Å². The van der Waals surface area contributed by atoms with Gasteiger partial charge in [-0.1, -0.05) is 12.1 Å². The first-order chi connectivity index (χ1) is 11.2. The van der Waals surface area contributed by atoms with Crippen molar-refractivity contribution in [2.75, 3.05) is 19.6 Å². The van der Waals surface area contributed by atoms with Gasteiger partial charge >= 0.3 is 6.18 Å². The van der Waals surface area contributed by atoms with E-state index in [-0.39, 0.29) is 31.1 Å². The highest BCUT2D eigenvalue weighted by Crippen LogP contribution is 2.19. The predicted octanol–water partition coefficient (Wildman–Crippen LogP) is 2.29. The first kappa shape index (κ1) is 18.2.